The molecule has 2 aromatic carbocycles. The van der Waals surface area contributed by atoms with E-state index in [1.54, 1.807) is 6.92 Å². The normalized spacial score (nSPS) is 16.1. The summed E-state index contributed by atoms with van der Waals surface area (Å²) in [5.74, 6) is 0.406. The van der Waals surface area contributed by atoms with Gasteiger partial charge in [0.1, 0.15) is 0 Å². The summed E-state index contributed by atoms with van der Waals surface area (Å²) >= 11 is 0. The van der Waals surface area contributed by atoms with Crippen molar-refractivity contribution >= 4 is 5.69 Å². The Bertz CT molecular complexity index is 1140. The summed E-state index contributed by atoms with van der Waals surface area (Å²) in [6.07, 6.45) is 0.579. The van der Waals surface area contributed by atoms with Gasteiger partial charge in [-0.05, 0) is 23.6 Å². The maximum atomic E-state index is 12.7. The number of aryl methyl sites for hydroxylation is 1. The van der Waals surface area contributed by atoms with Crippen molar-refractivity contribution < 1.29 is 27.6 Å². The van der Waals surface area contributed by atoms with E-state index in [0.717, 1.165) is 17.2 Å². The highest BCUT2D eigenvalue weighted by Gasteiger charge is 2.33. The van der Waals surface area contributed by atoms with Crippen molar-refractivity contribution in [3.63, 3.8) is 0 Å². The molecule has 0 saturated heterocycles. The number of ether oxygens (including phenoxy) is 2. The number of nitrogens with zero attached hydrogens (tertiary/aromatic N) is 4. The Morgan fingerprint density at radius 1 is 1.25 bits per heavy atom. The van der Waals surface area contributed by atoms with Crippen LogP contribution in [-0.2, 0) is 19.5 Å². The van der Waals surface area contributed by atoms with E-state index in [0.29, 0.717) is 24.7 Å². The molecule has 0 spiro atoms. The number of alkyl halides is 2. The molecule has 0 saturated carbocycles. The molecule has 3 aromatic rings. The lowest BCUT2D eigenvalue weighted by Crippen LogP contribution is -2.34. The molecule has 0 radical (unpaired) electrons. The smallest absolute Gasteiger partial charge is 0.387 e. The zero-order valence-electron chi connectivity index (χ0n) is 17.3. The fourth-order valence-electron chi connectivity index (χ4n) is 3.89. The van der Waals surface area contributed by atoms with E-state index in [-0.39, 0.29) is 29.6 Å². The van der Waals surface area contributed by atoms with Gasteiger partial charge in [0.25, 0.3) is 5.69 Å². The molecular formula is C21H20F2N4O5. The lowest BCUT2D eigenvalue weighted by atomic mass is 9.93. The Morgan fingerprint density at radius 2 is 2.00 bits per heavy atom. The van der Waals surface area contributed by atoms with E-state index in [4.69, 9.17) is 9.15 Å². The molecule has 0 N–H and O–H groups in total. The third kappa shape index (κ3) is 4.37. The van der Waals surface area contributed by atoms with E-state index in [1.165, 1.54) is 13.2 Å². The quantitative estimate of drug-likeness (QED) is 0.393. The maximum Gasteiger partial charge on any atom is 0.387 e. The van der Waals surface area contributed by atoms with Crippen LogP contribution in [-0.4, -0.2) is 33.7 Å². The van der Waals surface area contributed by atoms with Crippen LogP contribution in [0.4, 0.5) is 14.5 Å². The highest BCUT2D eigenvalue weighted by molar-refractivity contribution is 5.54. The van der Waals surface area contributed by atoms with Crippen LogP contribution in [0, 0.1) is 17.0 Å². The van der Waals surface area contributed by atoms with Crippen LogP contribution in [0.3, 0.4) is 0 Å². The number of hydrogen-bond acceptors (Lipinski definition) is 8. The summed E-state index contributed by atoms with van der Waals surface area (Å²) in [7, 11) is 1.28. The fourth-order valence-corrected chi connectivity index (χ4v) is 3.89. The van der Waals surface area contributed by atoms with Crippen LogP contribution >= 0.6 is 0 Å². The van der Waals surface area contributed by atoms with Crippen LogP contribution in [0.15, 0.2) is 40.8 Å². The predicted octanol–water partition coefficient (Wildman–Crippen LogP) is 4.20. The van der Waals surface area contributed by atoms with Crippen LogP contribution in [0.1, 0.15) is 34.5 Å². The van der Waals surface area contributed by atoms with Crippen molar-refractivity contribution in [2.45, 2.75) is 39.1 Å². The molecule has 32 heavy (non-hydrogen) atoms. The molecule has 1 aromatic heterocycles. The molecule has 2 heterocycles. The molecule has 1 unspecified atom stereocenters. The van der Waals surface area contributed by atoms with Gasteiger partial charge in [-0.15, -0.1) is 10.2 Å². The molecule has 1 atom stereocenters. The third-order valence-corrected chi connectivity index (χ3v) is 5.32. The lowest BCUT2D eigenvalue weighted by molar-refractivity contribution is -0.385. The molecule has 1 aliphatic rings. The standard InChI is InChI=1S/C21H20F2N4O5/c1-12-24-25-20(31-12)17-7-13-5-3-4-6-14(13)10-26(17)11-15-8-18(30-2)19(32-21(22)23)9-16(15)27(28)29/h3-6,8-9,17,21H,7,10-11H2,1-2H3. The van der Waals surface area contributed by atoms with Gasteiger partial charge in [0.15, 0.2) is 11.5 Å². The Morgan fingerprint density at radius 3 is 2.62 bits per heavy atom. The summed E-state index contributed by atoms with van der Waals surface area (Å²) in [6.45, 7) is -0.841. The topological polar surface area (TPSA) is 104 Å². The monoisotopic (exact) mass is 446 g/mol. The second-order valence-electron chi connectivity index (χ2n) is 7.32. The van der Waals surface area contributed by atoms with Crippen LogP contribution < -0.4 is 9.47 Å². The molecule has 9 nitrogen and oxygen atoms in total. The summed E-state index contributed by atoms with van der Waals surface area (Å²) in [6, 6.07) is 9.89. The Hall–Kier alpha value is -3.60. The van der Waals surface area contributed by atoms with Crippen molar-refractivity contribution in [2.75, 3.05) is 7.11 Å². The summed E-state index contributed by atoms with van der Waals surface area (Å²) in [4.78, 5) is 13.1. The number of hydrogen-bond donors (Lipinski definition) is 0. The SMILES string of the molecule is COc1cc(CN2Cc3ccccc3CC2c2nnc(C)o2)c([N+](=O)[O-])cc1OC(F)F. The van der Waals surface area contributed by atoms with Gasteiger partial charge < -0.3 is 13.9 Å². The number of aromatic nitrogens is 2. The Kier molecular flexibility index (Phi) is 5.99. The number of fused-ring (bicyclic) bond motifs is 1. The first-order valence-corrected chi connectivity index (χ1v) is 9.76. The number of nitro groups is 1. The third-order valence-electron chi connectivity index (χ3n) is 5.32. The molecule has 4 rings (SSSR count). The van der Waals surface area contributed by atoms with Crippen molar-refractivity contribution in [3.8, 4) is 11.5 Å². The van der Waals surface area contributed by atoms with Gasteiger partial charge in [-0.25, -0.2) is 0 Å². The first kappa shape index (κ1) is 21.6. The zero-order valence-corrected chi connectivity index (χ0v) is 17.3. The highest BCUT2D eigenvalue weighted by Crippen LogP contribution is 2.39. The number of nitro benzene ring substituents is 1. The maximum absolute atomic E-state index is 12.7. The molecule has 0 amide bonds. The molecule has 11 heteroatoms. The van der Waals surface area contributed by atoms with Crippen molar-refractivity contribution in [1.82, 2.24) is 15.1 Å². The van der Waals surface area contributed by atoms with E-state index in [2.05, 4.69) is 14.9 Å². The van der Waals surface area contributed by atoms with E-state index >= 15 is 0 Å². The van der Waals surface area contributed by atoms with Crippen LogP contribution in [0.25, 0.3) is 0 Å². The molecule has 0 fully saturated rings. The number of methoxy groups -OCH3 is 1. The highest BCUT2D eigenvalue weighted by atomic mass is 19.3. The summed E-state index contributed by atoms with van der Waals surface area (Å²) in [5.41, 5.74) is 2.14. The van der Waals surface area contributed by atoms with E-state index < -0.39 is 17.3 Å². The van der Waals surface area contributed by atoms with Crippen molar-refractivity contribution in [2.24, 2.45) is 0 Å². The largest absolute Gasteiger partial charge is 0.493 e. The number of rotatable bonds is 7. The van der Waals surface area contributed by atoms with Gasteiger partial charge in [0, 0.05) is 25.6 Å². The van der Waals surface area contributed by atoms with Gasteiger partial charge in [0.2, 0.25) is 11.8 Å². The molecule has 0 bridgehead atoms. The molecule has 1 aliphatic heterocycles. The summed E-state index contributed by atoms with van der Waals surface area (Å²) in [5, 5.41) is 19.8. The minimum atomic E-state index is -3.14. The second kappa shape index (κ2) is 8.87. The van der Waals surface area contributed by atoms with Crippen LogP contribution in [0.2, 0.25) is 0 Å². The second-order valence-corrected chi connectivity index (χ2v) is 7.32. The van der Waals surface area contributed by atoms with E-state index in [1.807, 2.05) is 29.2 Å². The average Bonchev–Trinajstić information content (AvgIpc) is 3.19. The first-order chi connectivity index (χ1) is 15.4. The minimum absolute atomic E-state index is 0.0199. The van der Waals surface area contributed by atoms with Crippen molar-refractivity contribution in [1.29, 1.82) is 0 Å². The van der Waals surface area contributed by atoms with Gasteiger partial charge in [0.05, 0.1) is 24.1 Å². The van der Waals surface area contributed by atoms with E-state index in [9.17, 15) is 18.9 Å². The zero-order chi connectivity index (χ0) is 22.8. The Labute approximate surface area is 181 Å². The van der Waals surface area contributed by atoms with Crippen LogP contribution in [0.5, 0.6) is 11.5 Å². The summed E-state index contributed by atoms with van der Waals surface area (Å²) < 4.78 is 40.7. The number of halogens is 2. The van der Waals surface area contributed by atoms with Gasteiger partial charge >= 0.3 is 6.61 Å². The first-order valence-electron chi connectivity index (χ1n) is 9.76. The molecular weight excluding hydrogens is 426 g/mol. The van der Waals surface area contributed by atoms with Crippen molar-refractivity contribution in [3.05, 3.63) is 75.0 Å². The lowest BCUT2D eigenvalue weighted by Gasteiger charge is -2.35. The minimum Gasteiger partial charge on any atom is -0.493 e. The molecule has 168 valence electrons. The number of benzene rings is 2. The average molecular weight is 446 g/mol. The van der Waals surface area contributed by atoms with Gasteiger partial charge in [-0.2, -0.15) is 8.78 Å². The van der Waals surface area contributed by atoms with Gasteiger partial charge in [-0.3, -0.25) is 15.0 Å². The molecule has 0 aliphatic carbocycles. The fraction of sp³-hybridized carbons (Fsp3) is 0.333. The van der Waals surface area contributed by atoms with Gasteiger partial charge in [-0.1, -0.05) is 24.3 Å². The predicted molar refractivity (Wildman–Crippen MR) is 107 cm³/mol. The Balaban J connectivity index is 1.74.